The molecule has 118 valence electrons. The molecule has 1 aliphatic rings. The Balaban J connectivity index is 2.13. The monoisotopic (exact) mass is 291 g/mol. The highest BCUT2D eigenvalue weighted by Gasteiger charge is 2.31. The van der Waals surface area contributed by atoms with Gasteiger partial charge in [-0.2, -0.15) is 0 Å². The van der Waals surface area contributed by atoms with Gasteiger partial charge in [0, 0.05) is 6.04 Å². The van der Waals surface area contributed by atoms with Crippen molar-refractivity contribution in [2.24, 2.45) is 17.8 Å². The van der Waals surface area contributed by atoms with Crippen LogP contribution in [0.25, 0.3) is 0 Å². The number of nitrogens with one attached hydrogen (secondary N) is 1. The molecule has 1 fully saturated rings. The Kier molecular flexibility index (Phi) is 5.80. The van der Waals surface area contributed by atoms with Crippen LogP contribution in [0.5, 0.6) is 0 Å². The van der Waals surface area contributed by atoms with Crippen molar-refractivity contribution in [1.29, 1.82) is 0 Å². The topological polar surface area (TPSA) is 12.0 Å². The van der Waals surface area contributed by atoms with E-state index in [-0.39, 0.29) is 5.82 Å². The zero-order valence-electron chi connectivity index (χ0n) is 14.0. The first-order valence-corrected chi connectivity index (χ1v) is 8.49. The summed E-state index contributed by atoms with van der Waals surface area (Å²) in [7, 11) is 0. The smallest absolute Gasteiger partial charge is 0.123 e. The molecule has 0 radical (unpaired) electrons. The summed E-state index contributed by atoms with van der Waals surface area (Å²) in [6.45, 7) is 9.97. The number of aryl methyl sites for hydroxylation is 1. The van der Waals surface area contributed by atoms with Gasteiger partial charge in [-0.15, -0.1) is 0 Å². The van der Waals surface area contributed by atoms with E-state index in [1.165, 1.54) is 30.4 Å². The van der Waals surface area contributed by atoms with Crippen LogP contribution < -0.4 is 5.32 Å². The predicted octanol–water partition coefficient (Wildman–Crippen LogP) is 4.73. The van der Waals surface area contributed by atoms with Crippen molar-refractivity contribution in [2.45, 2.75) is 59.4 Å². The number of halogens is 1. The van der Waals surface area contributed by atoms with Crippen LogP contribution in [-0.4, -0.2) is 12.6 Å². The summed E-state index contributed by atoms with van der Waals surface area (Å²) in [5.41, 5.74) is 2.41. The summed E-state index contributed by atoms with van der Waals surface area (Å²) in [6, 6.07) is 5.80. The fraction of sp³-hybridized carbons (Fsp3) is 0.684. The molecule has 21 heavy (non-hydrogen) atoms. The average Bonchev–Trinajstić information content (AvgIpc) is 2.44. The van der Waals surface area contributed by atoms with Crippen molar-refractivity contribution in [2.75, 3.05) is 6.54 Å². The van der Waals surface area contributed by atoms with Crippen LogP contribution in [0.3, 0.4) is 0 Å². The van der Waals surface area contributed by atoms with Gasteiger partial charge in [0.15, 0.2) is 0 Å². The maximum atomic E-state index is 13.5. The molecule has 1 N–H and O–H groups in total. The van der Waals surface area contributed by atoms with Crippen molar-refractivity contribution in [3.05, 3.63) is 35.1 Å². The Morgan fingerprint density at radius 2 is 2.05 bits per heavy atom. The van der Waals surface area contributed by atoms with E-state index >= 15 is 0 Å². The molecule has 1 saturated carbocycles. The standard InChI is InChI=1S/C19H30FN/c1-5-21-19-9-7-15(13(2)3)10-17(19)11-16-12-18(20)8-6-14(16)4/h6,8,12-13,15,17,19,21H,5,7,9-11H2,1-4H3. The van der Waals surface area contributed by atoms with Crippen LogP contribution in [0, 0.1) is 30.5 Å². The lowest BCUT2D eigenvalue weighted by molar-refractivity contribution is 0.168. The van der Waals surface area contributed by atoms with Crippen LogP contribution >= 0.6 is 0 Å². The molecular formula is C19H30FN. The molecule has 0 saturated heterocycles. The lowest BCUT2D eigenvalue weighted by atomic mass is 9.71. The minimum Gasteiger partial charge on any atom is -0.314 e. The molecule has 0 spiro atoms. The quantitative estimate of drug-likeness (QED) is 0.827. The van der Waals surface area contributed by atoms with Gasteiger partial charge >= 0.3 is 0 Å². The molecule has 1 nitrogen and oxygen atoms in total. The molecule has 0 heterocycles. The largest absolute Gasteiger partial charge is 0.314 e. The van der Waals surface area contributed by atoms with E-state index in [4.69, 9.17) is 0 Å². The van der Waals surface area contributed by atoms with E-state index in [0.717, 1.165) is 24.8 Å². The molecular weight excluding hydrogens is 261 g/mol. The normalized spacial score (nSPS) is 26.3. The van der Waals surface area contributed by atoms with Gasteiger partial charge in [-0.25, -0.2) is 4.39 Å². The molecule has 2 heteroatoms. The summed E-state index contributed by atoms with van der Waals surface area (Å²) >= 11 is 0. The van der Waals surface area contributed by atoms with Gasteiger partial charge < -0.3 is 5.32 Å². The minimum atomic E-state index is -0.105. The predicted molar refractivity (Wildman–Crippen MR) is 88.0 cm³/mol. The Hall–Kier alpha value is -0.890. The molecule has 1 aromatic carbocycles. The minimum absolute atomic E-state index is 0.105. The molecule has 2 rings (SSSR count). The highest BCUT2D eigenvalue weighted by atomic mass is 19.1. The third-order valence-electron chi connectivity index (χ3n) is 5.23. The number of hydrogen-bond acceptors (Lipinski definition) is 1. The van der Waals surface area contributed by atoms with Gasteiger partial charge in [0.2, 0.25) is 0 Å². The van der Waals surface area contributed by atoms with Crippen LogP contribution in [0.4, 0.5) is 4.39 Å². The zero-order valence-corrected chi connectivity index (χ0v) is 14.0. The summed E-state index contributed by atoms with van der Waals surface area (Å²) in [5.74, 6) is 2.10. The van der Waals surface area contributed by atoms with E-state index in [1.807, 2.05) is 6.07 Å². The van der Waals surface area contributed by atoms with Crippen molar-refractivity contribution in [3.63, 3.8) is 0 Å². The molecule has 3 atom stereocenters. The molecule has 3 unspecified atom stereocenters. The molecule has 0 aliphatic heterocycles. The van der Waals surface area contributed by atoms with Crippen molar-refractivity contribution >= 4 is 0 Å². The lowest BCUT2D eigenvalue weighted by Crippen LogP contribution is -2.42. The molecule has 1 aliphatic carbocycles. The Bertz CT molecular complexity index is 455. The average molecular weight is 291 g/mol. The summed E-state index contributed by atoms with van der Waals surface area (Å²) in [6.07, 6.45) is 4.86. The van der Waals surface area contributed by atoms with Crippen molar-refractivity contribution < 1.29 is 4.39 Å². The van der Waals surface area contributed by atoms with Crippen LogP contribution in [0.15, 0.2) is 18.2 Å². The van der Waals surface area contributed by atoms with Gasteiger partial charge in [-0.05, 0) is 80.2 Å². The number of hydrogen-bond donors (Lipinski definition) is 1. The maximum Gasteiger partial charge on any atom is 0.123 e. The summed E-state index contributed by atoms with van der Waals surface area (Å²) in [5, 5.41) is 3.65. The Morgan fingerprint density at radius 3 is 2.71 bits per heavy atom. The zero-order chi connectivity index (χ0) is 15.4. The van der Waals surface area contributed by atoms with Crippen LogP contribution in [-0.2, 0) is 6.42 Å². The summed E-state index contributed by atoms with van der Waals surface area (Å²) in [4.78, 5) is 0. The Labute approximate surface area is 129 Å². The van der Waals surface area contributed by atoms with Crippen molar-refractivity contribution in [3.8, 4) is 0 Å². The van der Waals surface area contributed by atoms with Gasteiger partial charge in [-0.1, -0.05) is 26.8 Å². The maximum absolute atomic E-state index is 13.5. The molecule has 1 aromatic rings. The molecule has 0 amide bonds. The second-order valence-corrected chi connectivity index (χ2v) is 7.02. The second-order valence-electron chi connectivity index (χ2n) is 7.02. The van der Waals surface area contributed by atoms with E-state index in [2.05, 4.69) is 33.0 Å². The van der Waals surface area contributed by atoms with Gasteiger partial charge in [0.1, 0.15) is 5.82 Å². The van der Waals surface area contributed by atoms with Crippen LogP contribution in [0.2, 0.25) is 0 Å². The molecule has 0 aromatic heterocycles. The first-order chi connectivity index (χ1) is 10.0. The van der Waals surface area contributed by atoms with Gasteiger partial charge in [0.25, 0.3) is 0 Å². The van der Waals surface area contributed by atoms with Gasteiger partial charge in [0.05, 0.1) is 0 Å². The van der Waals surface area contributed by atoms with E-state index in [0.29, 0.717) is 12.0 Å². The third kappa shape index (κ3) is 4.29. The van der Waals surface area contributed by atoms with Crippen molar-refractivity contribution in [1.82, 2.24) is 5.32 Å². The fourth-order valence-electron chi connectivity index (χ4n) is 3.80. The van der Waals surface area contributed by atoms with E-state index in [9.17, 15) is 4.39 Å². The number of benzene rings is 1. The summed E-state index contributed by atoms with van der Waals surface area (Å²) < 4.78 is 13.5. The highest BCUT2D eigenvalue weighted by Crippen LogP contribution is 2.36. The SMILES string of the molecule is CCNC1CCC(C(C)C)CC1Cc1cc(F)ccc1C. The molecule has 0 bridgehead atoms. The second kappa shape index (κ2) is 7.40. The Morgan fingerprint density at radius 1 is 1.29 bits per heavy atom. The first-order valence-electron chi connectivity index (χ1n) is 8.49. The highest BCUT2D eigenvalue weighted by molar-refractivity contribution is 5.27. The first kappa shape index (κ1) is 16.5. The van der Waals surface area contributed by atoms with E-state index in [1.54, 1.807) is 12.1 Å². The lowest BCUT2D eigenvalue weighted by Gasteiger charge is -2.38. The fourth-order valence-corrected chi connectivity index (χ4v) is 3.80. The van der Waals surface area contributed by atoms with Gasteiger partial charge in [-0.3, -0.25) is 0 Å². The number of rotatable bonds is 5. The third-order valence-corrected chi connectivity index (χ3v) is 5.23. The van der Waals surface area contributed by atoms with E-state index < -0.39 is 0 Å². The van der Waals surface area contributed by atoms with Crippen LogP contribution in [0.1, 0.15) is 51.2 Å².